The van der Waals surface area contributed by atoms with Gasteiger partial charge in [-0.2, -0.15) is 0 Å². The average molecular weight is 451 g/mol. The SMILES string of the molecule is CC(C)(C)c1ccc(C(=O)NC(Cc2ccc(B3OC(C)(C)C(C)(C)O3)cc2)C(=O)O)cc1. The van der Waals surface area contributed by atoms with E-state index in [0.717, 1.165) is 16.6 Å². The minimum absolute atomic E-state index is 0.0230. The van der Waals surface area contributed by atoms with E-state index in [-0.39, 0.29) is 11.8 Å². The molecule has 1 unspecified atom stereocenters. The summed E-state index contributed by atoms with van der Waals surface area (Å²) in [5.74, 6) is -1.48. The summed E-state index contributed by atoms with van der Waals surface area (Å²) in [4.78, 5) is 24.5. The molecule has 1 heterocycles. The molecule has 0 spiro atoms. The molecule has 0 bridgehead atoms. The molecule has 1 amide bonds. The molecule has 2 N–H and O–H groups in total. The van der Waals surface area contributed by atoms with Crippen molar-refractivity contribution in [2.24, 2.45) is 0 Å². The van der Waals surface area contributed by atoms with E-state index in [0.29, 0.717) is 5.56 Å². The van der Waals surface area contributed by atoms with Gasteiger partial charge < -0.3 is 19.7 Å². The summed E-state index contributed by atoms with van der Waals surface area (Å²) in [6, 6.07) is 13.7. The molecule has 6 nitrogen and oxygen atoms in total. The molecule has 7 heteroatoms. The number of benzene rings is 2. The summed E-state index contributed by atoms with van der Waals surface area (Å²) in [6.07, 6.45) is 0.171. The number of carbonyl (C=O) groups is 2. The van der Waals surface area contributed by atoms with Crippen molar-refractivity contribution in [3.05, 3.63) is 65.2 Å². The van der Waals surface area contributed by atoms with Gasteiger partial charge in [-0.25, -0.2) is 4.79 Å². The van der Waals surface area contributed by atoms with E-state index in [1.807, 2.05) is 64.1 Å². The molecule has 0 aromatic heterocycles. The lowest BCUT2D eigenvalue weighted by molar-refractivity contribution is -0.139. The minimum atomic E-state index is -1.08. The number of hydrogen-bond acceptors (Lipinski definition) is 4. The van der Waals surface area contributed by atoms with Crippen molar-refractivity contribution in [2.45, 2.75) is 77.5 Å². The zero-order valence-electron chi connectivity index (χ0n) is 20.6. The van der Waals surface area contributed by atoms with Crippen LogP contribution in [0.5, 0.6) is 0 Å². The second-order valence-electron chi connectivity index (χ2n) is 10.7. The maximum atomic E-state index is 12.7. The lowest BCUT2D eigenvalue weighted by Crippen LogP contribution is -2.42. The van der Waals surface area contributed by atoms with E-state index in [2.05, 4.69) is 26.1 Å². The van der Waals surface area contributed by atoms with Gasteiger partial charge in [0.15, 0.2) is 0 Å². The van der Waals surface area contributed by atoms with Gasteiger partial charge in [-0.15, -0.1) is 0 Å². The van der Waals surface area contributed by atoms with Gasteiger partial charge in [0.2, 0.25) is 0 Å². The minimum Gasteiger partial charge on any atom is -0.480 e. The Labute approximate surface area is 196 Å². The molecule has 2 aromatic rings. The first kappa shape index (κ1) is 25.0. The Balaban J connectivity index is 1.67. The van der Waals surface area contributed by atoms with Gasteiger partial charge in [0.05, 0.1) is 11.2 Å². The monoisotopic (exact) mass is 451 g/mol. The number of carboxylic acid groups (broad SMARTS) is 1. The second kappa shape index (κ2) is 8.95. The third-order valence-electron chi connectivity index (χ3n) is 6.56. The van der Waals surface area contributed by atoms with Crippen molar-refractivity contribution in [3.8, 4) is 0 Å². The van der Waals surface area contributed by atoms with Gasteiger partial charge in [-0.1, -0.05) is 57.2 Å². The summed E-state index contributed by atoms with van der Waals surface area (Å²) in [7, 11) is -0.477. The van der Waals surface area contributed by atoms with E-state index in [4.69, 9.17) is 9.31 Å². The molecule has 1 saturated heterocycles. The van der Waals surface area contributed by atoms with Gasteiger partial charge in [-0.05, 0) is 61.8 Å². The zero-order valence-corrected chi connectivity index (χ0v) is 20.6. The maximum Gasteiger partial charge on any atom is 0.494 e. The first-order chi connectivity index (χ1) is 15.2. The standard InChI is InChI=1S/C26H34BNO5/c1-24(2,3)19-12-10-18(11-13-19)22(29)28-21(23(30)31)16-17-8-14-20(15-9-17)27-32-25(4,5)26(6,7)33-27/h8-15,21H,16H2,1-7H3,(H,28,29)(H,30,31). The topological polar surface area (TPSA) is 84.9 Å². The fourth-order valence-corrected chi connectivity index (χ4v) is 3.59. The molecule has 1 aliphatic rings. The largest absolute Gasteiger partial charge is 0.494 e. The lowest BCUT2D eigenvalue weighted by Gasteiger charge is -2.32. The van der Waals surface area contributed by atoms with Gasteiger partial charge in [0.1, 0.15) is 6.04 Å². The molecule has 33 heavy (non-hydrogen) atoms. The van der Waals surface area contributed by atoms with Crippen molar-refractivity contribution in [2.75, 3.05) is 0 Å². The van der Waals surface area contributed by atoms with Crippen LogP contribution in [-0.2, 0) is 25.9 Å². The van der Waals surface area contributed by atoms with Crippen LogP contribution in [-0.4, -0.2) is 41.3 Å². The van der Waals surface area contributed by atoms with E-state index in [1.165, 1.54) is 0 Å². The predicted octanol–water partition coefficient (Wildman–Crippen LogP) is 3.71. The Morgan fingerprint density at radius 3 is 1.91 bits per heavy atom. The molecule has 0 saturated carbocycles. The van der Waals surface area contributed by atoms with Gasteiger partial charge in [0.25, 0.3) is 5.91 Å². The van der Waals surface area contributed by atoms with Crippen LogP contribution in [0.3, 0.4) is 0 Å². The summed E-state index contributed by atoms with van der Waals surface area (Å²) in [5.41, 5.74) is 2.32. The van der Waals surface area contributed by atoms with Gasteiger partial charge in [0, 0.05) is 12.0 Å². The smallest absolute Gasteiger partial charge is 0.480 e. The summed E-state index contributed by atoms with van der Waals surface area (Å²) in [5, 5.41) is 12.3. The summed E-state index contributed by atoms with van der Waals surface area (Å²) in [6.45, 7) is 14.3. The highest BCUT2D eigenvalue weighted by molar-refractivity contribution is 6.62. The average Bonchev–Trinajstić information content (AvgIpc) is 2.94. The second-order valence-corrected chi connectivity index (χ2v) is 10.7. The van der Waals surface area contributed by atoms with E-state index < -0.39 is 36.2 Å². The van der Waals surface area contributed by atoms with E-state index in [9.17, 15) is 14.7 Å². The van der Waals surface area contributed by atoms with Crippen LogP contribution < -0.4 is 10.8 Å². The highest BCUT2D eigenvalue weighted by Crippen LogP contribution is 2.36. The Bertz CT molecular complexity index is 990. The third kappa shape index (κ3) is 5.65. The summed E-state index contributed by atoms with van der Waals surface area (Å²) < 4.78 is 12.1. The van der Waals surface area contributed by atoms with Crippen LogP contribution in [0.25, 0.3) is 0 Å². The molecule has 1 fully saturated rings. The molecule has 3 rings (SSSR count). The molecule has 1 aliphatic heterocycles. The third-order valence-corrected chi connectivity index (χ3v) is 6.56. The molecule has 176 valence electrons. The van der Waals surface area contributed by atoms with Crippen molar-refractivity contribution >= 4 is 24.5 Å². The number of carbonyl (C=O) groups excluding carboxylic acids is 1. The van der Waals surface area contributed by atoms with Gasteiger partial charge >= 0.3 is 13.1 Å². The molecule has 2 aromatic carbocycles. The van der Waals surface area contributed by atoms with Crippen molar-refractivity contribution in [1.29, 1.82) is 0 Å². The Hall–Kier alpha value is -2.64. The Morgan fingerprint density at radius 1 is 0.939 bits per heavy atom. The quantitative estimate of drug-likeness (QED) is 0.655. The van der Waals surface area contributed by atoms with Gasteiger partial charge in [-0.3, -0.25) is 4.79 Å². The normalized spacial score (nSPS) is 18.1. The first-order valence-electron chi connectivity index (χ1n) is 11.3. The molecule has 1 atom stereocenters. The predicted molar refractivity (Wildman–Crippen MR) is 130 cm³/mol. The number of carboxylic acids is 1. The van der Waals surface area contributed by atoms with E-state index in [1.54, 1.807) is 12.1 Å². The fourth-order valence-electron chi connectivity index (χ4n) is 3.59. The molecular weight excluding hydrogens is 417 g/mol. The van der Waals surface area contributed by atoms with Crippen LogP contribution >= 0.6 is 0 Å². The van der Waals surface area contributed by atoms with Crippen molar-refractivity contribution in [1.82, 2.24) is 5.32 Å². The van der Waals surface area contributed by atoms with Crippen LogP contribution in [0.15, 0.2) is 48.5 Å². The summed E-state index contributed by atoms with van der Waals surface area (Å²) >= 11 is 0. The van der Waals surface area contributed by atoms with Crippen molar-refractivity contribution < 1.29 is 24.0 Å². The Kier molecular flexibility index (Phi) is 6.78. The van der Waals surface area contributed by atoms with Crippen molar-refractivity contribution in [3.63, 3.8) is 0 Å². The van der Waals surface area contributed by atoms with Crippen LogP contribution in [0.4, 0.5) is 0 Å². The lowest BCUT2D eigenvalue weighted by atomic mass is 9.78. The Morgan fingerprint density at radius 2 is 1.45 bits per heavy atom. The number of amides is 1. The fraction of sp³-hybridized carbons (Fsp3) is 0.462. The number of aliphatic carboxylic acids is 1. The van der Waals surface area contributed by atoms with Crippen LogP contribution in [0.2, 0.25) is 0 Å². The molecule has 0 radical (unpaired) electrons. The number of rotatable bonds is 6. The van der Waals surface area contributed by atoms with Crippen LogP contribution in [0.1, 0.15) is 70.0 Å². The highest BCUT2D eigenvalue weighted by atomic mass is 16.7. The molecular formula is C26H34BNO5. The first-order valence-corrected chi connectivity index (χ1v) is 11.3. The van der Waals surface area contributed by atoms with E-state index >= 15 is 0 Å². The number of nitrogens with one attached hydrogen (secondary N) is 1. The highest BCUT2D eigenvalue weighted by Gasteiger charge is 2.51. The maximum absolute atomic E-state index is 12.7. The number of hydrogen-bond donors (Lipinski definition) is 2. The zero-order chi connectivity index (χ0) is 24.6. The van der Waals surface area contributed by atoms with Crippen LogP contribution in [0, 0.1) is 0 Å². The molecule has 0 aliphatic carbocycles.